The van der Waals surface area contributed by atoms with E-state index in [0.29, 0.717) is 0 Å². The van der Waals surface area contributed by atoms with Crippen LogP contribution < -0.4 is 5.32 Å². The lowest BCUT2D eigenvalue weighted by atomic mass is 9.92. The fraction of sp³-hybridized carbons (Fsp3) is 0.455. The molecule has 0 aromatic heterocycles. The van der Waals surface area contributed by atoms with Gasteiger partial charge in [-0.1, -0.05) is 0 Å². The molecule has 6 nitrogen and oxygen atoms in total. The van der Waals surface area contributed by atoms with Crippen LogP contribution in [-0.4, -0.2) is 22.0 Å². The van der Waals surface area contributed by atoms with Crippen molar-refractivity contribution in [2.75, 3.05) is 0 Å². The van der Waals surface area contributed by atoms with Gasteiger partial charge in [0.15, 0.2) is 0 Å². The number of nitrogens with zero attached hydrogens (tertiary/aromatic N) is 1. The number of benzene rings is 1. The molecule has 1 fully saturated rings. The van der Waals surface area contributed by atoms with E-state index in [0.717, 1.165) is 18.2 Å². The van der Waals surface area contributed by atoms with E-state index < -0.39 is 28.8 Å². The average molecular weight is 256 g/mol. The third kappa shape index (κ3) is 2.20. The molecule has 2 N–H and O–H groups in total. The smallest absolute Gasteiger partial charge is 0.269 e. The zero-order chi connectivity index (χ0) is 13.5. The van der Waals surface area contributed by atoms with Crippen molar-refractivity contribution in [2.24, 2.45) is 0 Å². The summed E-state index contributed by atoms with van der Waals surface area (Å²) < 4.78 is 18.9. The minimum atomic E-state index is -1.22. The summed E-state index contributed by atoms with van der Waals surface area (Å²) in [7, 11) is 0. The highest BCUT2D eigenvalue weighted by molar-refractivity contribution is 5.38. The molecule has 0 aliphatic carbocycles. The largest absolute Gasteiger partial charge is 0.356 e. The van der Waals surface area contributed by atoms with E-state index in [2.05, 4.69) is 5.32 Å². The molecule has 18 heavy (non-hydrogen) atoms. The van der Waals surface area contributed by atoms with Crippen molar-refractivity contribution in [3.63, 3.8) is 0 Å². The molecule has 0 amide bonds. The van der Waals surface area contributed by atoms with Gasteiger partial charge in [-0.2, -0.15) is 0 Å². The molecular weight excluding hydrogens is 243 g/mol. The minimum absolute atomic E-state index is 0.103. The molecule has 0 radical (unpaired) electrons. The van der Waals surface area contributed by atoms with Crippen LogP contribution in [0.1, 0.15) is 25.5 Å². The van der Waals surface area contributed by atoms with E-state index in [1.165, 1.54) is 0 Å². The summed E-state index contributed by atoms with van der Waals surface area (Å²) in [4.78, 5) is 10.1. The highest BCUT2D eigenvalue weighted by Gasteiger charge is 2.43. The molecule has 0 spiro atoms. The summed E-state index contributed by atoms with van der Waals surface area (Å²) in [5.41, 5.74) is -0.966. The Morgan fingerprint density at radius 1 is 1.56 bits per heavy atom. The van der Waals surface area contributed by atoms with Crippen LogP contribution >= 0.6 is 0 Å². The van der Waals surface area contributed by atoms with Crippen LogP contribution in [0.25, 0.3) is 0 Å². The Morgan fingerprint density at radius 3 is 2.72 bits per heavy atom. The first-order valence-electron chi connectivity index (χ1n) is 5.37. The number of aliphatic hydroxyl groups is 1. The van der Waals surface area contributed by atoms with Crippen molar-refractivity contribution in [2.45, 2.75) is 31.9 Å². The second kappa shape index (κ2) is 4.27. The summed E-state index contributed by atoms with van der Waals surface area (Å²) in [6.45, 7) is 3.33. The van der Waals surface area contributed by atoms with Crippen LogP contribution in [0, 0.1) is 15.9 Å². The number of nitrogens with one attached hydrogen (secondary N) is 1. The Hall–Kier alpha value is -1.57. The molecule has 98 valence electrons. The SMILES string of the molecule is CC1(C)OC(O)NC1c1cc([N+](=O)[O-])ccc1F. The molecule has 1 aliphatic rings. The van der Waals surface area contributed by atoms with Gasteiger partial charge in [0.2, 0.25) is 6.41 Å². The number of hydrogen-bond acceptors (Lipinski definition) is 5. The minimum Gasteiger partial charge on any atom is -0.356 e. The van der Waals surface area contributed by atoms with Crippen LogP contribution in [-0.2, 0) is 4.74 Å². The standard InChI is InChI=1S/C11H13FN2O4/c1-11(2)9(13-10(15)18-11)7-5-6(14(16)17)3-4-8(7)12/h3-5,9-10,13,15H,1-2H3. The molecule has 2 unspecified atom stereocenters. The molecule has 1 aromatic rings. The maximum Gasteiger partial charge on any atom is 0.269 e. The normalized spacial score (nSPS) is 26.2. The third-order valence-electron chi connectivity index (χ3n) is 2.92. The predicted octanol–water partition coefficient (Wildman–Crippen LogP) is 1.45. The van der Waals surface area contributed by atoms with Gasteiger partial charge in [0, 0.05) is 17.7 Å². The van der Waals surface area contributed by atoms with E-state index in [-0.39, 0.29) is 11.3 Å². The van der Waals surface area contributed by atoms with Crippen molar-refractivity contribution in [3.05, 3.63) is 39.7 Å². The quantitative estimate of drug-likeness (QED) is 0.618. The van der Waals surface area contributed by atoms with E-state index in [1.807, 2.05) is 0 Å². The van der Waals surface area contributed by atoms with Gasteiger partial charge >= 0.3 is 0 Å². The number of ether oxygens (including phenoxy) is 1. The first-order valence-corrected chi connectivity index (χ1v) is 5.37. The number of rotatable bonds is 2. The van der Waals surface area contributed by atoms with Crippen molar-refractivity contribution in [3.8, 4) is 0 Å². The number of aliphatic hydroxyl groups excluding tert-OH is 1. The van der Waals surface area contributed by atoms with Crippen molar-refractivity contribution < 1.29 is 19.2 Å². The van der Waals surface area contributed by atoms with E-state index in [1.54, 1.807) is 13.8 Å². The molecule has 1 saturated heterocycles. The first kappa shape index (κ1) is 12.9. The van der Waals surface area contributed by atoms with Gasteiger partial charge in [-0.05, 0) is 19.9 Å². The van der Waals surface area contributed by atoms with Crippen molar-refractivity contribution >= 4 is 5.69 Å². The molecule has 0 bridgehead atoms. The number of non-ortho nitro benzene ring substituents is 1. The second-order valence-electron chi connectivity index (χ2n) is 4.64. The maximum atomic E-state index is 13.8. The lowest BCUT2D eigenvalue weighted by Crippen LogP contribution is -2.31. The van der Waals surface area contributed by atoms with Crippen molar-refractivity contribution in [1.29, 1.82) is 0 Å². The van der Waals surface area contributed by atoms with Crippen LogP contribution in [0.2, 0.25) is 0 Å². The maximum absolute atomic E-state index is 13.8. The van der Waals surface area contributed by atoms with E-state index in [9.17, 15) is 19.6 Å². The summed E-state index contributed by atoms with van der Waals surface area (Å²) in [5, 5.41) is 22.7. The van der Waals surface area contributed by atoms with Gasteiger partial charge in [0.25, 0.3) is 5.69 Å². The summed E-state index contributed by atoms with van der Waals surface area (Å²) in [6.07, 6.45) is -1.22. The van der Waals surface area contributed by atoms with Gasteiger partial charge in [-0.3, -0.25) is 15.4 Å². The van der Waals surface area contributed by atoms with Gasteiger partial charge in [-0.15, -0.1) is 0 Å². The lowest BCUT2D eigenvalue weighted by molar-refractivity contribution is -0.385. The van der Waals surface area contributed by atoms with Gasteiger partial charge in [0.1, 0.15) is 5.82 Å². The number of nitro groups is 1. The summed E-state index contributed by atoms with van der Waals surface area (Å²) in [6, 6.07) is 2.62. The monoisotopic (exact) mass is 256 g/mol. The van der Waals surface area contributed by atoms with E-state index >= 15 is 0 Å². The lowest BCUT2D eigenvalue weighted by Gasteiger charge is -2.24. The molecule has 1 aliphatic heterocycles. The number of nitro benzene ring substituents is 1. The van der Waals surface area contributed by atoms with Crippen LogP contribution in [0.15, 0.2) is 18.2 Å². The Kier molecular flexibility index (Phi) is 3.05. The second-order valence-corrected chi connectivity index (χ2v) is 4.64. The fourth-order valence-electron chi connectivity index (χ4n) is 2.06. The highest BCUT2D eigenvalue weighted by Crippen LogP contribution is 2.37. The first-order chi connectivity index (χ1) is 8.31. The predicted molar refractivity (Wildman–Crippen MR) is 60.1 cm³/mol. The Labute approximate surface area is 103 Å². The average Bonchev–Trinajstić information content (AvgIpc) is 2.52. The molecule has 0 saturated carbocycles. The number of hydrogen-bond donors (Lipinski definition) is 2. The summed E-state index contributed by atoms with van der Waals surface area (Å²) >= 11 is 0. The zero-order valence-corrected chi connectivity index (χ0v) is 9.88. The summed E-state index contributed by atoms with van der Waals surface area (Å²) in [5.74, 6) is -0.580. The van der Waals surface area contributed by atoms with Crippen molar-refractivity contribution in [1.82, 2.24) is 5.32 Å². The fourth-order valence-corrected chi connectivity index (χ4v) is 2.06. The van der Waals surface area contributed by atoms with Gasteiger partial charge in [0.05, 0.1) is 16.6 Å². The molecule has 7 heteroatoms. The Balaban J connectivity index is 2.44. The van der Waals surface area contributed by atoms with Gasteiger partial charge in [-0.25, -0.2) is 4.39 Å². The molecule has 1 aromatic carbocycles. The topological polar surface area (TPSA) is 84.6 Å². The molecule has 2 atom stereocenters. The Morgan fingerprint density at radius 2 is 2.22 bits per heavy atom. The van der Waals surface area contributed by atoms with Crippen LogP contribution in [0.5, 0.6) is 0 Å². The van der Waals surface area contributed by atoms with Gasteiger partial charge < -0.3 is 9.84 Å². The Bertz CT molecular complexity index is 492. The molecular formula is C11H13FN2O4. The molecule has 2 rings (SSSR count). The third-order valence-corrected chi connectivity index (χ3v) is 2.92. The molecule has 1 heterocycles. The highest BCUT2D eigenvalue weighted by atomic mass is 19.1. The van der Waals surface area contributed by atoms with Crippen LogP contribution in [0.4, 0.5) is 10.1 Å². The number of halogens is 1. The van der Waals surface area contributed by atoms with E-state index in [4.69, 9.17) is 4.74 Å². The zero-order valence-electron chi connectivity index (χ0n) is 9.88. The van der Waals surface area contributed by atoms with Crippen LogP contribution in [0.3, 0.4) is 0 Å².